The average Bonchev–Trinajstić information content (AvgIpc) is 2.30. The Labute approximate surface area is 82.2 Å². The summed E-state index contributed by atoms with van der Waals surface area (Å²) in [6, 6.07) is 7.42. The summed E-state index contributed by atoms with van der Waals surface area (Å²) in [5.41, 5.74) is 2.79. The van der Waals surface area contributed by atoms with Gasteiger partial charge in [0.25, 0.3) is 0 Å². The zero-order valence-corrected chi connectivity index (χ0v) is 7.60. The predicted molar refractivity (Wildman–Crippen MR) is 56.3 cm³/mol. The van der Waals surface area contributed by atoms with Gasteiger partial charge in [0.1, 0.15) is 13.0 Å². The Balaban J connectivity index is 2.28. The average molecular weight is 186 g/mol. The summed E-state index contributed by atoms with van der Waals surface area (Å²) in [5, 5.41) is 3.03. The van der Waals surface area contributed by atoms with Gasteiger partial charge >= 0.3 is 0 Å². The molecule has 0 radical (unpaired) electrons. The van der Waals surface area contributed by atoms with E-state index in [-0.39, 0.29) is 0 Å². The highest BCUT2D eigenvalue weighted by molar-refractivity contribution is 6.10. The standard InChI is InChI=1S/C11H10N2O/c14-7-9-1-3-10(4-2-9)11-5-12-8-13-6-11/h1-7,12H,8H2. The number of nitrogens with zero attached hydrogens (tertiary/aromatic N) is 1. The van der Waals surface area contributed by atoms with Gasteiger partial charge in [0.2, 0.25) is 0 Å². The summed E-state index contributed by atoms with van der Waals surface area (Å²) in [4.78, 5) is 14.5. The lowest BCUT2D eigenvalue weighted by atomic mass is 10.1. The molecule has 0 saturated carbocycles. The van der Waals surface area contributed by atoms with Gasteiger partial charge in [-0.3, -0.25) is 9.79 Å². The molecule has 0 saturated heterocycles. The summed E-state index contributed by atoms with van der Waals surface area (Å²) in [7, 11) is 0. The number of aliphatic imine (C=N–C) groups is 1. The second kappa shape index (κ2) is 3.87. The zero-order chi connectivity index (χ0) is 9.80. The molecule has 1 aliphatic heterocycles. The summed E-state index contributed by atoms with van der Waals surface area (Å²) in [6.45, 7) is 0.635. The monoisotopic (exact) mass is 186 g/mol. The fraction of sp³-hybridized carbons (Fsp3) is 0.0909. The lowest BCUT2D eigenvalue weighted by Crippen LogP contribution is -2.10. The molecule has 1 aromatic rings. The van der Waals surface area contributed by atoms with Crippen molar-refractivity contribution in [3.05, 3.63) is 41.6 Å². The van der Waals surface area contributed by atoms with Crippen LogP contribution in [0.3, 0.4) is 0 Å². The molecular weight excluding hydrogens is 176 g/mol. The Morgan fingerprint density at radius 1 is 1.29 bits per heavy atom. The van der Waals surface area contributed by atoms with E-state index in [4.69, 9.17) is 0 Å². The van der Waals surface area contributed by atoms with Crippen LogP contribution >= 0.6 is 0 Å². The normalized spacial score (nSPS) is 14.4. The molecule has 0 atom stereocenters. The van der Waals surface area contributed by atoms with Crippen LogP contribution in [-0.4, -0.2) is 19.2 Å². The minimum Gasteiger partial charge on any atom is -0.372 e. The Morgan fingerprint density at radius 3 is 2.64 bits per heavy atom. The lowest BCUT2D eigenvalue weighted by Gasteiger charge is -2.07. The van der Waals surface area contributed by atoms with Crippen molar-refractivity contribution in [1.29, 1.82) is 0 Å². The summed E-state index contributed by atoms with van der Waals surface area (Å²) < 4.78 is 0. The maximum atomic E-state index is 10.4. The topological polar surface area (TPSA) is 41.5 Å². The van der Waals surface area contributed by atoms with Crippen LogP contribution in [0.25, 0.3) is 5.57 Å². The Kier molecular flexibility index (Phi) is 2.40. The smallest absolute Gasteiger partial charge is 0.150 e. The number of aldehydes is 1. The minimum absolute atomic E-state index is 0.635. The molecule has 14 heavy (non-hydrogen) atoms. The second-order valence-electron chi connectivity index (χ2n) is 3.01. The first kappa shape index (κ1) is 8.69. The highest BCUT2D eigenvalue weighted by Crippen LogP contribution is 2.13. The van der Waals surface area contributed by atoms with Gasteiger partial charge in [0.15, 0.2) is 0 Å². The van der Waals surface area contributed by atoms with E-state index in [0.29, 0.717) is 12.2 Å². The molecule has 0 aliphatic carbocycles. The fourth-order valence-corrected chi connectivity index (χ4v) is 1.30. The number of hydrogen-bond acceptors (Lipinski definition) is 3. The van der Waals surface area contributed by atoms with Gasteiger partial charge in [-0.15, -0.1) is 0 Å². The van der Waals surface area contributed by atoms with Crippen LogP contribution in [0.5, 0.6) is 0 Å². The van der Waals surface area contributed by atoms with E-state index in [9.17, 15) is 4.79 Å². The first-order valence-electron chi connectivity index (χ1n) is 4.39. The third-order valence-electron chi connectivity index (χ3n) is 2.05. The number of benzene rings is 1. The Hall–Kier alpha value is -1.90. The van der Waals surface area contributed by atoms with E-state index < -0.39 is 0 Å². The van der Waals surface area contributed by atoms with Crippen molar-refractivity contribution in [3.8, 4) is 0 Å². The van der Waals surface area contributed by atoms with E-state index in [1.807, 2.05) is 24.5 Å². The SMILES string of the molecule is O=Cc1ccc(C2=CNCN=C2)cc1. The van der Waals surface area contributed by atoms with Gasteiger partial charge in [0, 0.05) is 23.6 Å². The molecule has 0 bridgehead atoms. The van der Waals surface area contributed by atoms with Crippen LogP contribution < -0.4 is 5.32 Å². The number of carbonyl (C=O) groups is 1. The van der Waals surface area contributed by atoms with E-state index >= 15 is 0 Å². The number of allylic oxidation sites excluding steroid dienone is 1. The third kappa shape index (κ3) is 1.71. The van der Waals surface area contributed by atoms with Gasteiger partial charge in [0.05, 0.1) is 0 Å². The molecule has 0 unspecified atom stereocenters. The van der Waals surface area contributed by atoms with Gasteiger partial charge in [-0.05, 0) is 5.56 Å². The van der Waals surface area contributed by atoms with E-state index in [1.54, 1.807) is 12.1 Å². The molecule has 2 rings (SSSR count). The molecule has 0 aromatic heterocycles. The van der Waals surface area contributed by atoms with Crippen molar-refractivity contribution in [3.63, 3.8) is 0 Å². The number of rotatable bonds is 2. The van der Waals surface area contributed by atoms with Crippen molar-refractivity contribution < 1.29 is 4.79 Å². The zero-order valence-electron chi connectivity index (χ0n) is 7.60. The molecule has 70 valence electrons. The number of carbonyl (C=O) groups excluding carboxylic acids is 1. The van der Waals surface area contributed by atoms with Gasteiger partial charge < -0.3 is 5.32 Å². The number of nitrogens with one attached hydrogen (secondary N) is 1. The van der Waals surface area contributed by atoms with Crippen molar-refractivity contribution >= 4 is 18.1 Å². The molecule has 1 aromatic carbocycles. The summed E-state index contributed by atoms with van der Waals surface area (Å²) in [5.74, 6) is 0. The fourth-order valence-electron chi connectivity index (χ4n) is 1.30. The third-order valence-corrected chi connectivity index (χ3v) is 2.05. The predicted octanol–water partition coefficient (Wildman–Crippen LogP) is 1.47. The minimum atomic E-state index is 0.635. The van der Waals surface area contributed by atoms with Crippen LogP contribution in [-0.2, 0) is 0 Å². The maximum absolute atomic E-state index is 10.4. The van der Waals surface area contributed by atoms with Gasteiger partial charge in [-0.2, -0.15) is 0 Å². The van der Waals surface area contributed by atoms with Crippen LogP contribution in [0.4, 0.5) is 0 Å². The number of hydrogen-bond donors (Lipinski definition) is 1. The van der Waals surface area contributed by atoms with Crippen molar-refractivity contribution in [2.75, 3.05) is 6.67 Å². The van der Waals surface area contributed by atoms with Gasteiger partial charge in [-0.25, -0.2) is 0 Å². The van der Waals surface area contributed by atoms with Crippen LogP contribution in [0, 0.1) is 0 Å². The first-order valence-corrected chi connectivity index (χ1v) is 4.39. The maximum Gasteiger partial charge on any atom is 0.150 e. The molecule has 1 aliphatic rings. The molecule has 0 amide bonds. The molecule has 0 spiro atoms. The molecule has 1 heterocycles. The van der Waals surface area contributed by atoms with Crippen molar-refractivity contribution in [2.24, 2.45) is 4.99 Å². The van der Waals surface area contributed by atoms with Crippen LogP contribution in [0.2, 0.25) is 0 Å². The molecule has 1 N–H and O–H groups in total. The second-order valence-corrected chi connectivity index (χ2v) is 3.01. The Morgan fingerprint density at radius 2 is 2.07 bits per heavy atom. The lowest BCUT2D eigenvalue weighted by molar-refractivity contribution is 0.112. The highest BCUT2D eigenvalue weighted by Gasteiger charge is 2.00. The quantitative estimate of drug-likeness (QED) is 0.710. The van der Waals surface area contributed by atoms with E-state index in [0.717, 1.165) is 17.4 Å². The van der Waals surface area contributed by atoms with Crippen LogP contribution in [0.1, 0.15) is 15.9 Å². The Bertz CT molecular complexity index is 390. The van der Waals surface area contributed by atoms with Crippen molar-refractivity contribution in [1.82, 2.24) is 5.32 Å². The van der Waals surface area contributed by atoms with E-state index in [1.165, 1.54) is 0 Å². The highest BCUT2D eigenvalue weighted by atomic mass is 16.1. The first-order chi connectivity index (χ1) is 6.90. The molecular formula is C11H10N2O. The van der Waals surface area contributed by atoms with Gasteiger partial charge in [-0.1, -0.05) is 24.3 Å². The molecule has 3 nitrogen and oxygen atoms in total. The van der Waals surface area contributed by atoms with E-state index in [2.05, 4.69) is 10.3 Å². The van der Waals surface area contributed by atoms with Crippen molar-refractivity contribution in [2.45, 2.75) is 0 Å². The molecule has 3 heteroatoms. The van der Waals surface area contributed by atoms with Crippen LogP contribution in [0.15, 0.2) is 35.5 Å². The molecule has 0 fully saturated rings. The summed E-state index contributed by atoms with van der Waals surface area (Å²) >= 11 is 0. The summed E-state index contributed by atoms with van der Waals surface area (Å²) in [6.07, 6.45) is 4.58. The largest absolute Gasteiger partial charge is 0.372 e.